The lowest BCUT2D eigenvalue weighted by molar-refractivity contribution is -0.130. The Labute approximate surface area is 102 Å². The predicted molar refractivity (Wildman–Crippen MR) is 65.4 cm³/mol. The van der Waals surface area contributed by atoms with Gasteiger partial charge in [0.25, 0.3) is 0 Å². The molecule has 4 heteroatoms. The van der Waals surface area contributed by atoms with E-state index in [0.29, 0.717) is 19.0 Å². The fourth-order valence-corrected chi connectivity index (χ4v) is 2.22. The molecule has 2 rings (SSSR count). The van der Waals surface area contributed by atoms with Gasteiger partial charge >= 0.3 is 0 Å². The van der Waals surface area contributed by atoms with Crippen molar-refractivity contribution in [1.29, 1.82) is 0 Å². The summed E-state index contributed by atoms with van der Waals surface area (Å²) in [6, 6.07) is 4.27. The van der Waals surface area contributed by atoms with E-state index in [4.69, 9.17) is 4.42 Å². The lowest BCUT2D eigenvalue weighted by Gasteiger charge is -2.17. The Morgan fingerprint density at radius 1 is 1.65 bits per heavy atom. The number of carbonyl (C=O) groups is 1. The van der Waals surface area contributed by atoms with E-state index in [-0.39, 0.29) is 5.91 Å². The quantitative estimate of drug-likeness (QED) is 0.847. The summed E-state index contributed by atoms with van der Waals surface area (Å²) in [5.41, 5.74) is 0. The largest absolute Gasteiger partial charge is 0.467 e. The molecule has 1 amide bonds. The minimum absolute atomic E-state index is 0.190. The van der Waals surface area contributed by atoms with Gasteiger partial charge in [-0.1, -0.05) is 0 Å². The molecular formula is C13H20N2O2. The zero-order chi connectivity index (χ0) is 12.1. The molecular weight excluding hydrogens is 216 g/mol. The molecule has 94 valence electrons. The number of nitrogens with zero attached hydrogens (tertiary/aromatic N) is 1. The van der Waals surface area contributed by atoms with Crippen molar-refractivity contribution in [1.82, 2.24) is 10.2 Å². The third-order valence-corrected chi connectivity index (χ3v) is 3.27. The Morgan fingerprint density at radius 3 is 3.18 bits per heavy atom. The minimum Gasteiger partial charge on any atom is -0.467 e. The van der Waals surface area contributed by atoms with Gasteiger partial charge < -0.3 is 14.6 Å². The molecule has 1 saturated heterocycles. The van der Waals surface area contributed by atoms with Gasteiger partial charge in [0.1, 0.15) is 5.76 Å². The predicted octanol–water partition coefficient (Wildman–Crippen LogP) is 1.77. The molecule has 1 aromatic rings. The maximum absolute atomic E-state index is 11.9. The van der Waals surface area contributed by atoms with Gasteiger partial charge in [-0.05, 0) is 37.9 Å². The first-order valence-electron chi connectivity index (χ1n) is 6.25. The smallest absolute Gasteiger partial charge is 0.222 e. The van der Waals surface area contributed by atoms with Crippen LogP contribution in [0.2, 0.25) is 0 Å². The first-order chi connectivity index (χ1) is 8.25. The third-order valence-electron chi connectivity index (χ3n) is 3.27. The van der Waals surface area contributed by atoms with Crippen molar-refractivity contribution in [3.63, 3.8) is 0 Å². The van der Waals surface area contributed by atoms with Crippen LogP contribution in [-0.4, -0.2) is 30.4 Å². The number of furan rings is 1. The van der Waals surface area contributed by atoms with Crippen LogP contribution in [0.3, 0.4) is 0 Å². The topological polar surface area (TPSA) is 45.5 Å². The summed E-state index contributed by atoms with van der Waals surface area (Å²) in [6.07, 6.45) is 5.64. The SMILES string of the molecule is CN(Cc1ccco1)C(=O)CCC1CCCN1. The van der Waals surface area contributed by atoms with Gasteiger partial charge in [0, 0.05) is 19.5 Å². The van der Waals surface area contributed by atoms with Crippen LogP contribution < -0.4 is 5.32 Å². The summed E-state index contributed by atoms with van der Waals surface area (Å²) in [5.74, 6) is 1.02. The highest BCUT2D eigenvalue weighted by molar-refractivity contribution is 5.75. The molecule has 0 bridgehead atoms. The number of hydrogen-bond acceptors (Lipinski definition) is 3. The Morgan fingerprint density at radius 2 is 2.53 bits per heavy atom. The van der Waals surface area contributed by atoms with E-state index < -0.39 is 0 Å². The average Bonchev–Trinajstić information content (AvgIpc) is 2.98. The second-order valence-corrected chi connectivity index (χ2v) is 4.66. The number of nitrogens with one attached hydrogen (secondary N) is 1. The van der Waals surface area contributed by atoms with E-state index in [0.717, 1.165) is 18.7 Å². The van der Waals surface area contributed by atoms with Gasteiger partial charge in [-0.2, -0.15) is 0 Å². The molecule has 0 aromatic carbocycles. The van der Waals surface area contributed by atoms with Crippen LogP contribution in [0.15, 0.2) is 22.8 Å². The van der Waals surface area contributed by atoms with Crippen molar-refractivity contribution in [2.24, 2.45) is 0 Å². The van der Waals surface area contributed by atoms with Crippen molar-refractivity contribution >= 4 is 5.91 Å². The second kappa shape index (κ2) is 5.87. The molecule has 0 aliphatic carbocycles. The second-order valence-electron chi connectivity index (χ2n) is 4.66. The number of rotatable bonds is 5. The third kappa shape index (κ3) is 3.60. The van der Waals surface area contributed by atoms with Crippen molar-refractivity contribution in [3.8, 4) is 0 Å². The molecule has 1 aliphatic heterocycles. The van der Waals surface area contributed by atoms with E-state index in [2.05, 4.69) is 5.32 Å². The van der Waals surface area contributed by atoms with E-state index >= 15 is 0 Å². The van der Waals surface area contributed by atoms with Crippen LogP contribution >= 0.6 is 0 Å². The van der Waals surface area contributed by atoms with Gasteiger partial charge in [-0.3, -0.25) is 4.79 Å². The molecule has 0 saturated carbocycles. The first kappa shape index (κ1) is 12.2. The van der Waals surface area contributed by atoms with Crippen molar-refractivity contribution < 1.29 is 9.21 Å². The maximum atomic E-state index is 11.9. The number of carbonyl (C=O) groups excluding carboxylic acids is 1. The molecule has 1 fully saturated rings. The fraction of sp³-hybridized carbons (Fsp3) is 0.615. The first-order valence-corrected chi connectivity index (χ1v) is 6.25. The summed E-state index contributed by atoms with van der Waals surface area (Å²) in [4.78, 5) is 13.6. The molecule has 17 heavy (non-hydrogen) atoms. The summed E-state index contributed by atoms with van der Waals surface area (Å²) in [5, 5.41) is 3.41. The highest BCUT2D eigenvalue weighted by Gasteiger charge is 2.17. The summed E-state index contributed by atoms with van der Waals surface area (Å²) >= 11 is 0. The van der Waals surface area contributed by atoms with E-state index in [1.807, 2.05) is 19.2 Å². The highest BCUT2D eigenvalue weighted by Crippen LogP contribution is 2.12. The van der Waals surface area contributed by atoms with Crippen LogP contribution in [0.5, 0.6) is 0 Å². The van der Waals surface area contributed by atoms with E-state index in [9.17, 15) is 4.79 Å². The monoisotopic (exact) mass is 236 g/mol. The van der Waals surface area contributed by atoms with Gasteiger partial charge in [0.2, 0.25) is 5.91 Å². The zero-order valence-corrected chi connectivity index (χ0v) is 10.3. The van der Waals surface area contributed by atoms with Crippen LogP contribution in [0, 0.1) is 0 Å². The lowest BCUT2D eigenvalue weighted by Crippen LogP contribution is -2.28. The average molecular weight is 236 g/mol. The van der Waals surface area contributed by atoms with Crippen molar-refractivity contribution in [2.45, 2.75) is 38.3 Å². The van der Waals surface area contributed by atoms with Gasteiger partial charge in [-0.25, -0.2) is 0 Å². The van der Waals surface area contributed by atoms with Crippen LogP contribution in [0.1, 0.15) is 31.4 Å². The molecule has 2 heterocycles. The minimum atomic E-state index is 0.190. The van der Waals surface area contributed by atoms with E-state index in [1.165, 1.54) is 12.8 Å². The Balaban J connectivity index is 1.71. The normalized spacial score (nSPS) is 19.5. The Hall–Kier alpha value is -1.29. The molecule has 1 atom stereocenters. The number of amides is 1. The number of hydrogen-bond donors (Lipinski definition) is 1. The zero-order valence-electron chi connectivity index (χ0n) is 10.3. The van der Waals surface area contributed by atoms with Crippen LogP contribution in [0.25, 0.3) is 0 Å². The standard InChI is InChI=1S/C13H20N2O2/c1-15(10-12-5-3-9-17-12)13(16)7-6-11-4-2-8-14-11/h3,5,9,11,14H,2,4,6-8,10H2,1H3. The Bertz CT molecular complexity index is 342. The maximum Gasteiger partial charge on any atom is 0.222 e. The summed E-state index contributed by atoms with van der Waals surface area (Å²) in [6.45, 7) is 1.66. The molecule has 1 N–H and O–H groups in total. The van der Waals surface area contributed by atoms with E-state index in [1.54, 1.807) is 11.2 Å². The van der Waals surface area contributed by atoms with Crippen molar-refractivity contribution in [3.05, 3.63) is 24.2 Å². The molecule has 0 spiro atoms. The molecule has 0 radical (unpaired) electrons. The molecule has 4 nitrogen and oxygen atoms in total. The van der Waals surface area contributed by atoms with Gasteiger partial charge in [0.05, 0.1) is 12.8 Å². The lowest BCUT2D eigenvalue weighted by atomic mass is 10.1. The van der Waals surface area contributed by atoms with Crippen LogP contribution in [0.4, 0.5) is 0 Å². The Kier molecular flexibility index (Phi) is 4.20. The van der Waals surface area contributed by atoms with Gasteiger partial charge in [-0.15, -0.1) is 0 Å². The fourth-order valence-electron chi connectivity index (χ4n) is 2.22. The van der Waals surface area contributed by atoms with Crippen LogP contribution in [-0.2, 0) is 11.3 Å². The van der Waals surface area contributed by atoms with Gasteiger partial charge in [0.15, 0.2) is 0 Å². The van der Waals surface area contributed by atoms with Crippen molar-refractivity contribution in [2.75, 3.05) is 13.6 Å². The molecule has 1 unspecified atom stereocenters. The molecule has 1 aromatic heterocycles. The summed E-state index contributed by atoms with van der Waals surface area (Å²) < 4.78 is 5.23. The summed E-state index contributed by atoms with van der Waals surface area (Å²) in [7, 11) is 1.83. The molecule has 1 aliphatic rings. The highest BCUT2D eigenvalue weighted by atomic mass is 16.3.